The summed E-state index contributed by atoms with van der Waals surface area (Å²) in [7, 11) is 0. The highest BCUT2D eigenvalue weighted by Crippen LogP contribution is 2.16. The molecular weight excluding hydrogens is 793 g/mol. The second-order valence-corrected chi connectivity index (χ2v) is 18.8. The van der Waals surface area contributed by atoms with Crippen LogP contribution in [-0.4, -0.2) is 37.2 Å². The summed E-state index contributed by atoms with van der Waals surface area (Å²) in [5, 5.41) is 0. The van der Waals surface area contributed by atoms with Gasteiger partial charge < -0.3 is 14.2 Å². The molecule has 0 aromatic carbocycles. The van der Waals surface area contributed by atoms with Crippen molar-refractivity contribution in [2.24, 2.45) is 0 Å². The Kier molecular flexibility index (Phi) is 51.3. The van der Waals surface area contributed by atoms with Gasteiger partial charge in [0.1, 0.15) is 13.2 Å². The average molecular weight is 899 g/mol. The van der Waals surface area contributed by atoms with E-state index in [1.807, 2.05) is 0 Å². The number of esters is 3. The van der Waals surface area contributed by atoms with E-state index in [0.717, 1.165) is 77.0 Å². The van der Waals surface area contributed by atoms with E-state index in [9.17, 15) is 14.4 Å². The fourth-order valence-corrected chi connectivity index (χ4v) is 8.10. The van der Waals surface area contributed by atoms with Crippen LogP contribution in [-0.2, 0) is 28.6 Å². The lowest BCUT2D eigenvalue weighted by molar-refractivity contribution is -0.167. The van der Waals surface area contributed by atoms with Crippen molar-refractivity contribution in [1.82, 2.24) is 0 Å². The molecule has 0 saturated heterocycles. The second-order valence-electron chi connectivity index (χ2n) is 18.8. The zero-order chi connectivity index (χ0) is 46.5. The number of carbonyl (C=O) groups is 3. The largest absolute Gasteiger partial charge is 0.462 e. The molecule has 64 heavy (non-hydrogen) atoms. The molecule has 0 spiro atoms. The summed E-state index contributed by atoms with van der Waals surface area (Å²) in [4.78, 5) is 37.7. The Labute approximate surface area is 397 Å². The summed E-state index contributed by atoms with van der Waals surface area (Å²) < 4.78 is 16.7. The SMILES string of the molecule is CCCC/C=C\CCCCCCCC(=O)OC(COC(=O)CCCCCCCC)COC(=O)CCCCCCCCCCCCCCCCCCC/C=C\C/C=C\CCCCCCC. The molecule has 0 aliphatic rings. The highest BCUT2D eigenvalue weighted by atomic mass is 16.6. The molecule has 0 aliphatic carbocycles. The van der Waals surface area contributed by atoms with E-state index in [-0.39, 0.29) is 31.1 Å². The van der Waals surface area contributed by atoms with Crippen LogP contribution in [0.2, 0.25) is 0 Å². The molecule has 0 amide bonds. The van der Waals surface area contributed by atoms with Gasteiger partial charge in [0, 0.05) is 19.3 Å². The molecule has 0 fully saturated rings. The third-order valence-electron chi connectivity index (χ3n) is 12.4. The molecule has 1 atom stereocenters. The predicted molar refractivity (Wildman–Crippen MR) is 275 cm³/mol. The third kappa shape index (κ3) is 50.6. The van der Waals surface area contributed by atoms with E-state index in [1.54, 1.807) is 0 Å². The van der Waals surface area contributed by atoms with Gasteiger partial charge in [-0.1, -0.05) is 243 Å². The molecule has 0 N–H and O–H groups in total. The van der Waals surface area contributed by atoms with Crippen molar-refractivity contribution >= 4 is 17.9 Å². The quantitative estimate of drug-likeness (QED) is 0.0262. The minimum Gasteiger partial charge on any atom is -0.462 e. The predicted octanol–water partition coefficient (Wildman–Crippen LogP) is 18.5. The van der Waals surface area contributed by atoms with Crippen LogP contribution in [0.15, 0.2) is 36.5 Å². The van der Waals surface area contributed by atoms with Crippen LogP contribution in [0.25, 0.3) is 0 Å². The fraction of sp³-hybridized carbons (Fsp3) is 0.845. The van der Waals surface area contributed by atoms with E-state index in [0.29, 0.717) is 19.3 Å². The number of hydrogen-bond acceptors (Lipinski definition) is 6. The maximum absolute atomic E-state index is 12.7. The van der Waals surface area contributed by atoms with Crippen LogP contribution in [0.4, 0.5) is 0 Å². The second kappa shape index (κ2) is 53.2. The van der Waals surface area contributed by atoms with E-state index < -0.39 is 6.10 Å². The number of allylic oxidation sites excluding steroid dienone is 6. The Hall–Kier alpha value is -2.37. The molecule has 0 aromatic rings. The van der Waals surface area contributed by atoms with Crippen LogP contribution >= 0.6 is 0 Å². The van der Waals surface area contributed by atoms with Crippen LogP contribution in [0.5, 0.6) is 0 Å². The molecule has 0 bridgehead atoms. The van der Waals surface area contributed by atoms with Gasteiger partial charge in [-0.05, 0) is 70.6 Å². The van der Waals surface area contributed by atoms with E-state index in [1.165, 1.54) is 180 Å². The number of rotatable bonds is 51. The topological polar surface area (TPSA) is 78.9 Å². The summed E-state index contributed by atoms with van der Waals surface area (Å²) in [6, 6.07) is 0. The first-order chi connectivity index (χ1) is 31.5. The van der Waals surface area contributed by atoms with Gasteiger partial charge in [-0.2, -0.15) is 0 Å². The van der Waals surface area contributed by atoms with Crippen LogP contribution in [0.1, 0.15) is 297 Å². The Morgan fingerprint density at radius 2 is 0.578 bits per heavy atom. The Morgan fingerprint density at radius 1 is 0.312 bits per heavy atom. The first-order valence-electron chi connectivity index (χ1n) is 28.0. The van der Waals surface area contributed by atoms with Gasteiger partial charge in [0.05, 0.1) is 0 Å². The first kappa shape index (κ1) is 61.6. The van der Waals surface area contributed by atoms with Gasteiger partial charge in [-0.15, -0.1) is 0 Å². The molecule has 0 rings (SSSR count). The minimum absolute atomic E-state index is 0.0725. The van der Waals surface area contributed by atoms with Gasteiger partial charge in [-0.3, -0.25) is 14.4 Å². The van der Waals surface area contributed by atoms with Gasteiger partial charge in [0.15, 0.2) is 6.10 Å². The maximum atomic E-state index is 12.7. The monoisotopic (exact) mass is 899 g/mol. The lowest BCUT2D eigenvalue weighted by atomic mass is 10.0. The van der Waals surface area contributed by atoms with Crippen molar-refractivity contribution in [3.05, 3.63) is 36.5 Å². The van der Waals surface area contributed by atoms with Crippen molar-refractivity contribution in [3.8, 4) is 0 Å². The van der Waals surface area contributed by atoms with Gasteiger partial charge >= 0.3 is 17.9 Å². The van der Waals surface area contributed by atoms with Crippen LogP contribution < -0.4 is 0 Å². The highest BCUT2D eigenvalue weighted by molar-refractivity contribution is 5.71. The molecule has 374 valence electrons. The Morgan fingerprint density at radius 3 is 0.922 bits per heavy atom. The summed E-state index contributed by atoms with van der Waals surface area (Å²) in [5.74, 6) is -0.882. The lowest BCUT2D eigenvalue weighted by Gasteiger charge is -2.18. The maximum Gasteiger partial charge on any atom is 0.306 e. The van der Waals surface area contributed by atoms with Gasteiger partial charge in [0.2, 0.25) is 0 Å². The molecule has 0 aromatic heterocycles. The zero-order valence-electron chi connectivity index (χ0n) is 42.8. The molecule has 0 heterocycles. The standard InChI is InChI=1S/C58H106O6/c1-4-7-10-13-16-18-20-21-22-23-24-25-26-27-28-29-30-31-32-33-34-35-36-37-39-40-42-45-48-51-57(60)63-54-55(53-62-56(59)50-47-44-15-12-9-6-3)64-58(61)52-49-46-43-41-38-19-17-14-11-8-5-2/h14,17,20-21,23-24,55H,4-13,15-16,18-19,22,25-54H2,1-3H3/b17-14-,21-20-,24-23-. The number of unbranched alkanes of at least 4 members (excludes halogenated alkanes) is 34. The number of carbonyl (C=O) groups excluding carboxylic acids is 3. The van der Waals surface area contributed by atoms with Crippen molar-refractivity contribution in [2.45, 2.75) is 303 Å². The van der Waals surface area contributed by atoms with Crippen LogP contribution in [0.3, 0.4) is 0 Å². The van der Waals surface area contributed by atoms with Gasteiger partial charge in [-0.25, -0.2) is 0 Å². The number of ether oxygens (including phenoxy) is 3. The lowest BCUT2D eigenvalue weighted by Crippen LogP contribution is -2.30. The third-order valence-corrected chi connectivity index (χ3v) is 12.4. The zero-order valence-corrected chi connectivity index (χ0v) is 42.8. The van der Waals surface area contributed by atoms with E-state index in [2.05, 4.69) is 57.2 Å². The normalized spacial score (nSPS) is 12.2. The van der Waals surface area contributed by atoms with Crippen molar-refractivity contribution in [1.29, 1.82) is 0 Å². The molecule has 0 aliphatic heterocycles. The molecule has 6 nitrogen and oxygen atoms in total. The molecular formula is C58H106O6. The summed E-state index contributed by atoms with van der Waals surface area (Å²) in [6.45, 7) is 6.54. The fourth-order valence-electron chi connectivity index (χ4n) is 8.10. The van der Waals surface area contributed by atoms with Crippen molar-refractivity contribution < 1.29 is 28.6 Å². The van der Waals surface area contributed by atoms with Crippen molar-refractivity contribution in [3.63, 3.8) is 0 Å². The molecule has 1 unspecified atom stereocenters. The first-order valence-corrected chi connectivity index (χ1v) is 28.0. The summed E-state index contributed by atoms with van der Waals surface area (Å²) >= 11 is 0. The highest BCUT2D eigenvalue weighted by Gasteiger charge is 2.19. The van der Waals surface area contributed by atoms with E-state index >= 15 is 0 Å². The average Bonchev–Trinajstić information content (AvgIpc) is 3.29. The van der Waals surface area contributed by atoms with Crippen LogP contribution in [0, 0.1) is 0 Å². The molecule has 0 saturated carbocycles. The number of hydrogen-bond donors (Lipinski definition) is 0. The van der Waals surface area contributed by atoms with Crippen molar-refractivity contribution in [2.75, 3.05) is 13.2 Å². The Balaban J connectivity index is 3.95. The molecule has 6 heteroatoms. The molecule has 0 radical (unpaired) electrons. The summed E-state index contributed by atoms with van der Waals surface area (Å²) in [5.41, 5.74) is 0. The summed E-state index contributed by atoms with van der Waals surface area (Å²) in [6.07, 6.45) is 63.3. The van der Waals surface area contributed by atoms with Gasteiger partial charge in [0.25, 0.3) is 0 Å². The minimum atomic E-state index is -0.769. The smallest absolute Gasteiger partial charge is 0.306 e. The Bertz CT molecular complexity index is 1080. The van der Waals surface area contributed by atoms with E-state index in [4.69, 9.17) is 14.2 Å².